The Kier molecular flexibility index (Phi) is 5.14. The van der Waals surface area contributed by atoms with Crippen LogP contribution in [-0.2, 0) is 16.1 Å². The molecule has 0 spiro atoms. The molecule has 0 aliphatic carbocycles. The first-order valence-corrected chi connectivity index (χ1v) is 9.06. The number of piperidine rings is 1. The molecule has 0 N–H and O–H groups in total. The van der Waals surface area contributed by atoms with Gasteiger partial charge < -0.3 is 9.64 Å². The summed E-state index contributed by atoms with van der Waals surface area (Å²) >= 11 is 1.51. The molecule has 1 amide bonds. The van der Waals surface area contributed by atoms with E-state index in [0.717, 1.165) is 37.4 Å². The van der Waals surface area contributed by atoms with Crippen LogP contribution in [-0.4, -0.2) is 60.9 Å². The highest BCUT2D eigenvalue weighted by Crippen LogP contribution is 2.30. The summed E-state index contributed by atoms with van der Waals surface area (Å²) in [5, 5.41) is 2.06. The Bertz CT molecular complexity index is 586. The number of amides is 1. The van der Waals surface area contributed by atoms with Crippen molar-refractivity contribution in [3.63, 3.8) is 0 Å². The second-order valence-electron chi connectivity index (χ2n) is 6.52. The summed E-state index contributed by atoms with van der Waals surface area (Å²) in [5.74, 6) is 0.519. The van der Waals surface area contributed by atoms with Gasteiger partial charge in [-0.05, 0) is 36.8 Å². The summed E-state index contributed by atoms with van der Waals surface area (Å²) in [4.78, 5) is 29.3. The fourth-order valence-corrected chi connectivity index (χ4v) is 4.45. The van der Waals surface area contributed by atoms with Crippen molar-refractivity contribution in [2.75, 3.05) is 33.4 Å². The quantitative estimate of drug-likeness (QED) is 0.746. The van der Waals surface area contributed by atoms with Gasteiger partial charge in [0.2, 0.25) is 5.91 Å². The van der Waals surface area contributed by atoms with Crippen LogP contribution in [0, 0.1) is 5.92 Å². The molecule has 3 saturated heterocycles. The first-order chi connectivity index (χ1) is 11.1. The van der Waals surface area contributed by atoms with E-state index in [-0.39, 0.29) is 17.6 Å². The second-order valence-corrected chi connectivity index (χ2v) is 7.43. The number of carbonyl (C=O) groups is 2. The highest BCUT2D eigenvalue weighted by atomic mass is 32.1. The number of carbonyl (C=O) groups excluding carboxylic acids is 2. The predicted octanol–water partition coefficient (Wildman–Crippen LogP) is 2.02. The van der Waals surface area contributed by atoms with Crippen LogP contribution in [0.1, 0.15) is 35.0 Å². The minimum absolute atomic E-state index is 0.108. The number of hydrogen-bond acceptors (Lipinski definition) is 5. The molecule has 4 rings (SSSR count). The third-order valence-electron chi connectivity index (χ3n) is 4.81. The molecule has 3 aliphatic rings. The molecule has 3 aliphatic heterocycles. The Balaban J connectivity index is 1.68. The van der Waals surface area contributed by atoms with E-state index in [2.05, 4.69) is 10.3 Å². The number of ketones is 1. The summed E-state index contributed by atoms with van der Waals surface area (Å²) in [5.41, 5.74) is 1.18. The Hall–Kier alpha value is -1.24. The zero-order chi connectivity index (χ0) is 16.4. The zero-order valence-electron chi connectivity index (χ0n) is 13.8. The Labute approximate surface area is 141 Å². The number of rotatable bonds is 6. The summed E-state index contributed by atoms with van der Waals surface area (Å²) in [7, 11) is 1.68. The van der Waals surface area contributed by atoms with E-state index in [9.17, 15) is 9.59 Å². The van der Waals surface area contributed by atoms with Crippen molar-refractivity contribution in [3.05, 3.63) is 21.9 Å². The highest BCUT2D eigenvalue weighted by Gasteiger charge is 2.40. The smallest absolute Gasteiger partial charge is 0.227 e. The van der Waals surface area contributed by atoms with Crippen molar-refractivity contribution in [2.24, 2.45) is 5.92 Å². The SMILES string of the molecule is COCCN1C(=O)[C@@H]2CC[C@H]1CN(Cc1csc(C(C)=O)c1)C2. The fraction of sp³-hybridized carbons (Fsp3) is 0.647. The van der Waals surface area contributed by atoms with E-state index in [1.807, 2.05) is 11.0 Å². The molecule has 23 heavy (non-hydrogen) atoms. The van der Waals surface area contributed by atoms with Crippen LogP contribution in [0.4, 0.5) is 0 Å². The van der Waals surface area contributed by atoms with Gasteiger partial charge in [0.25, 0.3) is 0 Å². The molecule has 0 radical (unpaired) electrons. The van der Waals surface area contributed by atoms with E-state index in [4.69, 9.17) is 4.74 Å². The van der Waals surface area contributed by atoms with Gasteiger partial charge in [0.05, 0.1) is 17.4 Å². The third-order valence-corrected chi connectivity index (χ3v) is 5.89. The number of ether oxygens (including phenoxy) is 1. The van der Waals surface area contributed by atoms with Crippen LogP contribution >= 0.6 is 11.3 Å². The monoisotopic (exact) mass is 336 g/mol. The molecule has 2 bridgehead atoms. The standard InChI is InChI=1S/C17H24N2O3S/c1-12(20)16-7-13(11-23-16)8-18-9-14-3-4-15(10-18)19(17(14)21)5-6-22-2/h7,11,14-15H,3-6,8-10H2,1-2H3/t14-,15+/m1/s1. The van der Waals surface area contributed by atoms with Crippen molar-refractivity contribution in [1.82, 2.24) is 9.80 Å². The van der Waals surface area contributed by atoms with Crippen molar-refractivity contribution < 1.29 is 14.3 Å². The van der Waals surface area contributed by atoms with Crippen molar-refractivity contribution in [3.8, 4) is 0 Å². The van der Waals surface area contributed by atoms with E-state index >= 15 is 0 Å². The van der Waals surface area contributed by atoms with E-state index in [1.54, 1.807) is 14.0 Å². The molecule has 1 aromatic rings. The maximum atomic E-state index is 12.6. The highest BCUT2D eigenvalue weighted by molar-refractivity contribution is 7.12. The molecule has 5 nitrogen and oxygen atoms in total. The first kappa shape index (κ1) is 16.6. The van der Waals surface area contributed by atoms with Crippen molar-refractivity contribution >= 4 is 23.0 Å². The number of thiophene rings is 1. The van der Waals surface area contributed by atoms with Gasteiger partial charge in [-0.1, -0.05) is 0 Å². The largest absolute Gasteiger partial charge is 0.383 e. The van der Waals surface area contributed by atoms with Crippen LogP contribution in [0.3, 0.4) is 0 Å². The van der Waals surface area contributed by atoms with Crippen molar-refractivity contribution in [2.45, 2.75) is 32.4 Å². The lowest BCUT2D eigenvalue weighted by atomic mass is 9.94. The summed E-state index contributed by atoms with van der Waals surface area (Å²) in [6.45, 7) is 5.45. The Morgan fingerprint density at radius 3 is 2.91 bits per heavy atom. The zero-order valence-corrected chi connectivity index (χ0v) is 14.6. The third kappa shape index (κ3) is 3.65. The Morgan fingerprint density at radius 1 is 1.39 bits per heavy atom. The second kappa shape index (κ2) is 7.11. The minimum atomic E-state index is 0.108. The molecule has 4 heterocycles. The predicted molar refractivity (Wildman–Crippen MR) is 89.7 cm³/mol. The normalized spacial score (nSPS) is 25.0. The topological polar surface area (TPSA) is 49.9 Å². The molecule has 0 saturated carbocycles. The molecule has 1 aromatic heterocycles. The number of hydrogen-bond donors (Lipinski definition) is 0. The van der Waals surface area contributed by atoms with Gasteiger partial charge in [0.15, 0.2) is 5.78 Å². The number of fused-ring (bicyclic) bond motifs is 4. The lowest BCUT2D eigenvalue weighted by molar-refractivity contribution is -0.140. The maximum Gasteiger partial charge on any atom is 0.227 e. The molecular weight excluding hydrogens is 312 g/mol. The fourth-order valence-electron chi connectivity index (χ4n) is 3.64. The summed E-state index contributed by atoms with van der Waals surface area (Å²) in [6, 6.07) is 2.28. The van der Waals surface area contributed by atoms with Crippen LogP contribution in [0.25, 0.3) is 0 Å². The Morgan fingerprint density at radius 2 is 2.22 bits per heavy atom. The molecule has 0 unspecified atom stereocenters. The van der Waals surface area contributed by atoms with E-state index in [0.29, 0.717) is 19.2 Å². The molecular formula is C17H24N2O3S. The van der Waals surface area contributed by atoms with Gasteiger partial charge >= 0.3 is 0 Å². The van der Waals surface area contributed by atoms with Gasteiger partial charge in [-0.3, -0.25) is 14.5 Å². The number of nitrogens with zero attached hydrogens (tertiary/aromatic N) is 2. The van der Waals surface area contributed by atoms with Gasteiger partial charge in [0.1, 0.15) is 0 Å². The van der Waals surface area contributed by atoms with Crippen LogP contribution in [0.15, 0.2) is 11.4 Å². The van der Waals surface area contributed by atoms with E-state index in [1.165, 1.54) is 16.9 Å². The average molecular weight is 336 g/mol. The summed E-state index contributed by atoms with van der Waals surface area (Å²) < 4.78 is 5.15. The molecule has 6 heteroatoms. The minimum Gasteiger partial charge on any atom is -0.383 e. The molecule has 126 valence electrons. The first-order valence-electron chi connectivity index (χ1n) is 8.18. The lowest BCUT2D eigenvalue weighted by Crippen LogP contribution is -2.49. The van der Waals surface area contributed by atoms with Crippen LogP contribution in [0.5, 0.6) is 0 Å². The average Bonchev–Trinajstić information content (AvgIpc) is 2.83. The van der Waals surface area contributed by atoms with Gasteiger partial charge in [-0.15, -0.1) is 11.3 Å². The number of methoxy groups -OCH3 is 1. The molecule has 0 aromatic carbocycles. The van der Waals surface area contributed by atoms with Crippen LogP contribution < -0.4 is 0 Å². The maximum absolute atomic E-state index is 12.6. The van der Waals surface area contributed by atoms with Crippen LogP contribution in [0.2, 0.25) is 0 Å². The molecule has 3 fully saturated rings. The van der Waals surface area contributed by atoms with Gasteiger partial charge in [-0.2, -0.15) is 0 Å². The molecule has 2 atom stereocenters. The lowest BCUT2D eigenvalue weighted by Gasteiger charge is -2.35. The van der Waals surface area contributed by atoms with Crippen molar-refractivity contribution in [1.29, 1.82) is 0 Å². The van der Waals surface area contributed by atoms with E-state index < -0.39 is 0 Å². The summed E-state index contributed by atoms with van der Waals surface area (Å²) in [6.07, 6.45) is 2.07. The number of Topliss-reactive ketones (excluding diaryl/α,β-unsaturated/α-hetero) is 1. The van der Waals surface area contributed by atoms with Gasteiger partial charge in [0, 0.05) is 39.3 Å². The van der Waals surface area contributed by atoms with Gasteiger partial charge in [-0.25, -0.2) is 0 Å².